The van der Waals surface area contributed by atoms with Crippen LogP contribution >= 0.6 is 23.2 Å². The highest BCUT2D eigenvalue weighted by Gasteiger charge is 2.46. The van der Waals surface area contributed by atoms with Crippen LogP contribution in [0, 0.1) is 6.92 Å². The second kappa shape index (κ2) is 5.34. The third-order valence-corrected chi connectivity index (χ3v) is 4.48. The first-order chi connectivity index (χ1) is 9.99. The Labute approximate surface area is 133 Å². The Hall–Kier alpha value is -1.55. The lowest BCUT2D eigenvalue weighted by Crippen LogP contribution is -2.63. The van der Waals surface area contributed by atoms with E-state index in [0.717, 1.165) is 5.56 Å². The summed E-state index contributed by atoms with van der Waals surface area (Å²) >= 11 is 12.0. The zero-order valence-corrected chi connectivity index (χ0v) is 12.9. The molecule has 0 spiro atoms. The summed E-state index contributed by atoms with van der Waals surface area (Å²) in [4.78, 5) is 13.8. The van der Waals surface area contributed by atoms with Gasteiger partial charge in [-0.3, -0.25) is 4.79 Å². The van der Waals surface area contributed by atoms with Crippen molar-refractivity contribution in [2.45, 2.75) is 19.0 Å². The van der Waals surface area contributed by atoms with Crippen molar-refractivity contribution in [1.82, 2.24) is 0 Å². The Morgan fingerprint density at radius 1 is 1.05 bits per heavy atom. The van der Waals surface area contributed by atoms with Crippen LogP contribution in [0.4, 0.5) is 5.69 Å². The maximum atomic E-state index is 12.1. The second-order valence-electron chi connectivity index (χ2n) is 5.19. The number of hydrogen-bond acceptors (Lipinski definition) is 2. The fourth-order valence-electron chi connectivity index (χ4n) is 2.55. The van der Waals surface area contributed by atoms with E-state index in [1.807, 2.05) is 31.2 Å². The number of hydrogen-bond donors (Lipinski definition) is 1. The number of nitrogens with two attached hydrogens (primary N) is 1. The topological polar surface area (TPSA) is 46.3 Å². The van der Waals surface area contributed by atoms with Gasteiger partial charge in [0.1, 0.15) is 6.04 Å². The molecule has 0 unspecified atom stereocenters. The van der Waals surface area contributed by atoms with Gasteiger partial charge in [-0.05, 0) is 30.7 Å². The van der Waals surface area contributed by atoms with Gasteiger partial charge < -0.3 is 10.6 Å². The molecule has 2 aromatic carbocycles. The number of amides is 1. The predicted octanol–water partition coefficient (Wildman–Crippen LogP) is 3.72. The molecule has 0 aromatic heterocycles. The fraction of sp³-hybridized carbons (Fsp3) is 0.188. The Balaban J connectivity index is 1.98. The number of carbonyl (C=O) groups excluding carboxylic acids is 1. The number of nitrogens with zero attached hydrogens (tertiary/aromatic N) is 1. The summed E-state index contributed by atoms with van der Waals surface area (Å²) in [6.07, 6.45) is 0. The molecule has 3 rings (SSSR count). The van der Waals surface area contributed by atoms with E-state index < -0.39 is 6.04 Å². The summed E-state index contributed by atoms with van der Waals surface area (Å²) in [5.74, 6) is -0.112. The highest BCUT2D eigenvalue weighted by Crippen LogP contribution is 2.40. The number of aryl methyl sites for hydroxylation is 1. The summed E-state index contributed by atoms with van der Waals surface area (Å²) in [5, 5.41) is 0.884. The molecule has 0 bridgehead atoms. The molecule has 1 amide bonds. The summed E-state index contributed by atoms with van der Waals surface area (Å²) < 4.78 is 0. The third-order valence-electron chi connectivity index (χ3n) is 3.74. The molecule has 0 radical (unpaired) electrons. The Morgan fingerprint density at radius 3 is 2.33 bits per heavy atom. The van der Waals surface area contributed by atoms with Crippen LogP contribution in [0.3, 0.4) is 0 Å². The van der Waals surface area contributed by atoms with Crippen molar-refractivity contribution in [2.24, 2.45) is 5.73 Å². The van der Waals surface area contributed by atoms with Gasteiger partial charge >= 0.3 is 0 Å². The molecule has 3 nitrogen and oxygen atoms in total. The van der Waals surface area contributed by atoms with Crippen molar-refractivity contribution in [3.05, 3.63) is 63.6 Å². The minimum atomic E-state index is -0.526. The van der Waals surface area contributed by atoms with Crippen LogP contribution in [0.15, 0.2) is 42.5 Å². The van der Waals surface area contributed by atoms with Crippen LogP contribution in [0.5, 0.6) is 0 Å². The van der Waals surface area contributed by atoms with Gasteiger partial charge in [-0.2, -0.15) is 0 Å². The average Bonchev–Trinajstić information content (AvgIpc) is 2.48. The molecule has 1 aliphatic rings. The molecule has 108 valence electrons. The molecule has 1 heterocycles. The molecule has 1 aliphatic heterocycles. The fourth-order valence-corrected chi connectivity index (χ4v) is 2.85. The zero-order chi connectivity index (χ0) is 15.1. The number of β-lactam (4-membered cyclic amide) rings is 1. The highest BCUT2D eigenvalue weighted by atomic mass is 35.5. The van der Waals surface area contributed by atoms with E-state index in [9.17, 15) is 4.79 Å². The van der Waals surface area contributed by atoms with E-state index in [1.165, 1.54) is 5.56 Å². The smallest absolute Gasteiger partial charge is 0.247 e. The number of anilines is 1. The SMILES string of the molecule is Cc1ccc([C@H]2[C@@H](N)C(=O)N2c2ccc(Cl)c(Cl)c2)cc1. The van der Waals surface area contributed by atoms with Gasteiger partial charge in [0.25, 0.3) is 0 Å². The molecule has 2 N–H and O–H groups in total. The van der Waals surface area contributed by atoms with Crippen LogP contribution in [0.25, 0.3) is 0 Å². The minimum absolute atomic E-state index is 0.112. The number of carbonyl (C=O) groups is 1. The maximum Gasteiger partial charge on any atom is 0.247 e. The van der Waals surface area contributed by atoms with Gasteiger partial charge in [0, 0.05) is 5.69 Å². The van der Waals surface area contributed by atoms with Crippen molar-refractivity contribution in [1.29, 1.82) is 0 Å². The van der Waals surface area contributed by atoms with Crippen molar-refractivity contribution < 1.29 is 4.79 Å². The molecule has 2 atom stereocenters. The quantitative estimate of drug-likeness (QED) is 0.857. The van der Waals surface area contributed by atoms with E-state index in [1.54, 1.807) is 23.1 Å². The molecule has 2 aromatic rings. The van der Waals surface area contributed by atoms with Crippen LogP contribution in [0.2, 0.25) is 10.0 Å². The lowest BCUT2D eigenvalue weighted by molar-refractivity contribution is -0.126. The van der Waals surface area contributed by atoms with Gasteiger partial charge in [0.15, 0.2) is 0 Å². The summed E-state index contributed by atoms with van der Waals surface area (Å²) in [5.41, 5.74) is 8.87. The van der Waals surface area contributed by atoms with Crippen molar-refractivity contribution in [3.63, 3.8) is 0 Å². The average molecular weight is 321 g/mol. The van der Waals surface area contributed by atoms with Crippen molar-refractivity contribution in [3.8, 4) is 0 Å². The summed E-state index contributed by atoms with van der Waals surface area (Å²) in [6.45, 7) is 2.02. The zero-order valence-electron chi connectivity index (χ0n) is 11.4. The first-order valence-electron chi connectivity index (χ1n) is 6.59. The van der Waals surface area contributed by atoms with E-state index in [-0.39, 0.29) is 11.9 Å². The normalized spacial score (nSPS) is 21.3. The van der Waals surface area contributed by atoms with Crippen LogP contribution in [0.1, 0.15) is 17.2 Å². The number of halogens is 2. The van der Waals surface area contributed by atoms with E-state index in [0.29, 0.717) is 15.7 Å². The minimum Gasteiger partial charge on any atom is -0.318 e. The maximum absolute atomic E-state index is 12.1. The van der Waals surface area contributed by atoms with Gasteiger partial charge in [0.2, 0.25) is 5.91 Å². The molecule has 21 heavy (non-hydrogen) atoms. The summed E-state index contributed by atoms with van der Waals surface area (Å²) in [7, 11) is 0. The Bertz CT molecular complexity index is 700. The monoisotopic (exact) mass is 320 g/mol. The Kier molecular flexibility index (Phi) is 3.66. The molecule has 1 saturated heterocycles. The third kappa shape index (κ3) is 2.42. The number of rotatable bonds is 2. The van der Waals surface area contributed by atoms with Crippen LogP contribution < -0.4 is 10.6 Å². The second-order valence-corrected chi connectivity index (χ2v) is 6.00. The standard InChI is InChI=1S/C16H14Cl2N2O/c1-9-2-4-10(5-3-9)15-14(19)16(21)20(15)11-6-7-12(17)13(18)8-11/h2-8,14-15H,19H2,1H3/t14-,15+/m1/s1. The molecular weight excluding hydrogens is 307 g/mol. The summed E-state index contributed by atoms with van der Waals surface area (Å²) in [6, 6.07) is 12.5. The molecule has 0 saturated carbocycles. The molecule has 1 fully saturated rings. The first kappa shape index (κ1) is 14.4. The molecule has 5 heteroatoms. The van der Waals surface area contributed by atoms with Crippen molar-refractivity contribution in [2.75, 3.05) is 4.90 Å². The Morgan fingerprint density at radius 2 is 1.71 bits per heavy atom. The van der Waals surface area contributed by atoms with E-state index >= 15 is 0 Å². The molecule has 0 aliphatic carbocycles. The molecular formula is C16H14Cl2N2O. The first-order valence-corrected chi connectivity index (χ1v) is 7.35. The van der Waals surface area contributed by atoms with Gasteiger partial charge in [-0.25, -0.2) is 0 Å². The predicted molar refractivity (Wildman–Crippen MR) is 85.8 cm³/mol. The van der Waals surface area contributed by atoms with Gasteiger partial charge in [-0.1, -0.05) is 53.0 Å². The van der Waals surface area contributed by atoms with E-state index in [2.05, 4.69) is 0 Å². The van der Waals surface area contributed by atoms with Gasteiger partial charge in [0.05, 0.1) is 16.1 Å². The van der Waals surface area contributed by atoms with Crippen LogP contribution in [-0.2, 0) is 4.79 Å². The van der Waals surface area contributed by atoms with E-state index in [4.69, 9.17) is 28.9 Å². The van der Waals surface area contributed by atoms with Crippen molar-refractivity contribution >= 4 is 34.8 Å². The van der Waals surface area contributed by atoms with Crippen LogP contribution in [-0.4, -0.2) is 11.9 Å². The number of benzene rings is 2. The largest absolute Gasteiger partial charge is 0.318 e. The highest BCUT2D eigenvalue weighted by molar-refractivity contribution is 6.42. The van der Waals surface area contributed by atoms with Gasteiger partial charge in [-0.15, -0.1) is 0 Å². The lowest BCUT2D eigenvalue weighted by atomic mass is 9.88. The lowest BCUT2D eigenvalue weighted by Gasteiger charge is -2.45.